The van der Waals surface area contributed by atoms with Crippen LogP contribution in [0.25, 0.3) is 22.5 Å². The van der Waals surface area contributed by atoms with Crippen LogP contribution in [0.15, 0.2) is 107 Å². The third-order valence-corrected chi connectivity index (χ3v) is 3.97. The fourth-order valence-electron chi connectivity index (χ4n) is 2.73. The van der Waals surface area contributed by atoms with Crippen LogP contribution in [-0.2, 0) is 0 Å². The number of aromatic nitrogens is 1. The first kappa shape index (κ1) is 15.1. The summed E-state index contributed by atoms with van der Waals surface area (Å²) in [4.78, 5) is 3.50. The Labute approximate surface area is 146 Å². The zero-order valence-corrected chi connectivity index (χ0v) is 13.6. The summed E-state index contributed by atoms with van der Waals surface area (Å²) >= 11 is 0. The number of nitrogens with one attached hydrogen (secondary N) is 1. The van der Waals surface area contributed by atoms with E-state index in [-0.39, 0.29) is 0 Å². The Kier molecular flexibility index (Phi) is 4.21. The molecule has 0 saturated heterocycles. The first-order valence-electron chi connectivity index (χ1n) is 8.21. The lowest BCUT2D eigenvalue weighted by Crippen LogP contribution is -1.79. The van der Waals surface area contributed by atoms with Crippen LogP contribution in [0.4, 0.5) is 11.4 Å². The highest BCUT2D eigenvalue weighted by molar-refractivity contribution is 5.79. The highest BCUT2D eigenvalue weighted by Gasteiger charge is 2.11. The number of H-pyrrole nitrogens is 1. The molecule has 1 aromatic heterocycles. The maximum Gasteiger partial charge on any atom is 0.112 e. The van der Waals surface area contributed by atoms with E-state index in [2.05, 4.69) is 39.5 Å². The molecule has 4 aromatic rings. The van der Waals surface area contributed by atoms with Gasteiger partial charge in [-0.1, -0.05) is 78.9 Å². The molecule has 0 aliphatic carbocycles. The molecule has 0 amide bonds. The van der Waals surface area contributed by atoms with Gasteiger partial charge in [-0.15, -0.1) is 5.11 Å². The molecule has 3 nitrogen and oxygen atoms in total. The smallest absolute Gasteiger partial charge is 0.112 e. The molecule has 25 heavy (non-hydrogen) atoms. The van der Waals surface area contributed by atoms with Crippen molar-refractivity contribution in [2.75, 3.05) is 0 Å². The van der Waals surface area contributed by atoms with E-state index >= 15 is 0 Å². The zero-order valence-electron chi connectivity index (χ0n) is 13.6. The molecule has 4 rings (SSSR count). The Bertz CT molecular complexity index is 972. The summed E-state index contributed by atoms with van der Waals surface area (Å²) in [6.07, 6.45) is 0. The molecule has 1 N–H and O–H groups in total. The van der Waals surface area contributed by atoms with Crippen LogP contribution in [0.1, 0.15) is 0 Å². The van der Waals surface area contributed by atoms with Crippen LogP contribution in [0.5, 0.6) is 0 Å². The maximum atomic E-state index is 4.49. The Hall–Kier alpha value is -3.46. The van der Waals surface area contributed by atoms with Gasteiger partial charge in [0.15, 0.2) is 0 Å². The van der Waals surface area contributed by atoms with Crippen molar-refractivity contribution in [1.29, 1.82) is 0 Å². The van der Waals surface area contributed by atoms with E-state index in [1.54, 1.807) is 0 Å². The van der Waals surface area contributed by atoms with Gasteiger partial charge in [0, 0.05) is 11.3 Å². The Morgan fingerprint density at radius 3 is 1.76 bits per heavy atom. The van der Waals surface area contributed by atoms with Crippen molar-refractivity contribution in [2.24, 2.45) is 10.2 Å². The lowest BCUT2D eigenvalue weighted by atomic mass is 10.1. The molecule has 3 aromatic carbocycles. The minimum absolute atomic E-state index is 0.828. The van der Waals surface area contributed by atoms with Gasteiger partial charge in [-0.05, 0) is 23.8 Å². The van der Waals surface area contributed by atoms with Crippen molar-refractivity contribution in [1.82, 2.24) is 4.98 Å². The van der Waals surface area contributed by atoms with Crippen molar-refractivity contribution >= 4 is 11.4 Å². The quantitative estimate of drug-likeness (QED) is 0.403. The van der Waals surface area contributed by atoms with E-state index in [0.717, 1.165) is 33.9 Å². The lowest BCUT2D eigenvalue weighted by molar-refractivity contribution is 1.23. The topological polar surface area (TPSA) is 40.5 Å². The van der Waals surface area contributed by atoms with Crippen LogP contribution in [0, 0.1) is 0 Å². The van der Waals surface area contributed by atoms with Gasteiger partial charge < -0.3 is 4.98 Å². The minimum atomic E-state index is 0.828. The molecule has 0 fully saturated rings. The molecule has 0 radical (unpaired) electrons. The van der Waals surface area contributed by atoms with Gasteiger partial charge in [0.05, 0.1) is 11.4 Å². The monoisotopic (exact) mass is 323 g/mol. The third kappa shape index (κ3) is 3.40. The molecular weight excluding hydrogens is 306 g/mol. The van der Waals surface area contributed by atoms with Gasteiger partial charge in [0.1, 0.15) is 5.69 Å². The Morgan fingerprint density at radius 1 is 0.560 bits per heavy atom. The van der Waals surface area contributed by atoms with Gasteiger partial charge in [0.25, 0.3) is 0 Å². The average molecular weight is 323 g/mol. The van der Waals surface area contributed by atoms with Crippen LogP contribution in [0.2, 0.25) is 0 Å². The number of aromatic amines is 1. The second kappa shape index (κ2) is 6.97. The molecular formula is C22H17N3. The van der Waals surface area contributed by atoms with Crippen molar-refractivity contribution < 1.29 is 0 Å². The summed E-state index contributed by atoms with van der Waals surface area (Å²) in [5, 5.41) is 8.87. The van der Waals surface area contributed by atoms with Crippen molar-refractivity contribution in [3.8, 4) is 22.5 Å². The van der Waals surface area contributed by atoms with E-state index < -0.39 is 0 Å². The summed E-state index contributed by atoms with van der Waals surface area (Å²) in [5.41, 5.74) is 5.88. The molecule has 3 heteroatoms. The van der Waals surface area contributed by atoms with Crippen LogP contribution in [0.3, 0.4) is 0 Å². The lowest BCUT2D eigenvalue weighted by Gasteiger charge is -2.00. The standard InChI is InChI=1S/C22H17N3/c1-4-10-17(11-5-1)20-16-21(25-24-19-14-8-3-9-15-19)22(23-20)18-12-6-2-7-13-18/h1-16,23H. The fraction of sp³-hybridized carbons (Fsp3) is 0. The highest BCUT2D eigenvalue weighted by Crippen LogP contribution is 2.35. The molecule has 1 heterocycles. The van der Waals surface area contributed by atoms with E-state index in [1.807, 2.05) is 72.8 Å². The van der Waals surface area contributed by atoms with Gasteiger partial charge in [0.2, 0.25) is 0 Å². The normalized spacial score (nSPS) is 11.0. The average Bonchev–Trinajstić information content (AvgIpc) is 3.13. The predicted molar refractivity (Wildman–Crippen MR) is 102 cm³/mol. The summed E-state index contributed by atoms with van der Waals surface area (Å²) < 4.78 is 0. The minimum Gasteiger partial charge on any atom is -0.353 e. The number of nitrogens with zero attached hydrogens (tertiary/aromatic N) is 2. The Balaban J connectivity index is 1.78. The molecule has 0 unspecified atom stereocenters. The van der Waals surface area contributed by atoms with E-state index in [0.29, 0.717) is 0 Å². The largest absolute Gasteiger partial charge is 0.353 e. The number of rotatable bonds is 4. The van der Waals surface area contributed by atoms with Gasteiger partial charge in [-0.3, -0.25) is 0 Å². The van der Waals surface area contributed by atoms with Crippen LogP contribution < -0.4 is 0 Å². The van der Waals surface area contributed by atoms with E-state index in [4.69, 9.17) is 0 Å². The maximum absolute atomic E-state index is 4.49. The number of hydrogen-bond acceptors (Lipinski definition) is 2. The number of azo groups is 1. The summed E-state index contributed by atoms with van der Waals surface area (Å²) in [5.74, 6) is 0. The van der Waals surface area contributed by atoms with Gasteiger partial charge >= 0.3 is 0 Å². The SMILES string of the molecule is c1ccc(N=Nc2cc(-c3ccccc3)[nH]c2-c2ccccc2)cc1. The molecule has 0 saturated carbocycles. The third-order valence-electron chi connectivity index (χ3n) is 3.97. The van der Waals surface area contributed by atoms with Crippen LogP contribution >= 0.6 is 0 Å². The molecule has 0 aliphatic rings. The summed E-state index contributed by atoms with van der Waals surface area (Å²) in [6.45, 7) is 0. The fourth-order valence-corrected chi connectivity index (χ4v) is 2.73. The van der Waals surface area contributed by atoms with Crippen molar-refractivity contribution in [3.05, 3.63) is 97.1 Å². The van der Waals surface area contributed by atoms with Crippen molar-refractivity contribution in [2.45, 2.75) is 0 Å². The molecule has 0 bridgehead atoms. The van der Waals surface area contributed by atoms with E-state index in [1.165, 1.54) is 0 Å². The first-order valence-corrected chi connectivity index (χ1v) is 8.21. The summed E-state index contributed by atoms with van der Waals surface area (Å²) in [7, 11) is 0. The van der Waals surface area contributed by atoms with Crippen molar-refractivity contribution in [3.63, 3.8) is 0 Å². The van der Waals surface area contributed by atoms with E-state index in [9.17, 15) is 0 Å². The first-order chi connectivity index (χ1) is 12.4. The van der Waals surface area contributed by atoms with Crippen LogP contribution in [-0.4, -0.2) is 4.98 Å². The van der Waals surface area contributed by atoms with Gasteiger partial charge in [-0.2, -0.15) is 5.11 Å². The second-order valence-electron chi connectivity index (χ2n) is 5.71. The molecule has 0 aliphatic heterocycles. The molecule has 0 atom stereocenters. The molecule has 120 valence electrons. The number of hydrogen-bond donors (Lipinski definition) is 1. The second-order valence-corrected chi connectivity index (χ2v) is 5.71. The Morgan fingerprint density at radius 2 is 1.12 bits per heavy atom. The van der Waals surface area contributed by atoms with Gasteiger partial charge in [-0.25, -0.2) is 0 Å². The molecule has 0 spiro atoms. The zero-order chi connectivity index (χ0) is 16.9. The predicted octanol–water partition coefficient (Wildman–Crippen LogP) is 6.76. The highest BCUT2D eigenvalue weighted by atomic mass is 15.1. The number of benzene rings is 3. The summed E-state index contributed by atoms with van der Waals surface area (Å²) in [6, 6.07) is 32.3.